The molecule has 1 heterocycles. The predicted octanol–water partition coefficient (Wildman–Crippen LogP) is 7.07. The fourth-order valence-corrected chi connectivity index (χ4v) is 5.55. The number of hydrogen-bond donors (Lipinski definition) is 1. The number of thiophene rings is 1. The fraction of sp³-hybridized carbons (Fsp3) is 0.280. The Bertz CT molecular complexity index is 1180. The van der Waals surface area contributed by atoms with Crippen molar-refractivity contribution in [1.82, 2.24) is 0 Å². The highest BCUT2D eigenvalue weighted by Gasteiger charge is 2.36. The molecule has 4 rings (SSSR count). The highest BCUT2D eigenvalue weighted by atomic mass is 32.1. The molecule has 3 aromatic rings. The first-order chi connectivity index (χ1) is 15.2. The molecule has 2 atom stereocenters. The lowest BCUT2D eigenvalue weighted by atomic mass is 9.71. The number of carboxylic acids is 1. The molecule has 0 saturated heterocycles. The molecule has 32 heavy (non-hydrogen) atoms. The molecule has 3 nitrogen and oxygen atoms in total. The van der Waals surface area contributed by atoms with Crippen molar-refractivity contribution in [2.45, 2.75) is 38.3 Å². The molecule has 166 valence electrons. The van der Waals surface area contributed by atoms with Gasteiger partial charge in [-0.3, -0.25) is 4.79 Å². The van der Waals surface area contributed by atoms with E-state index in [0.717, 1.165) is 29.0 Å². The molecule has 2 unspecified atom stereocenters. The molecule has 1 N–H and O–H groups in total. The van der Waals surface area contributed by atoms with Crippen LogP contribution in [0.5, 0.6) is 0 Å². The summed E-state index contributed by atoms with van der Waals surface area (Å²) in [5, 5.41) is 11.2. The zero-order valence-corrected chi connectivity index (χ0v) is 18.1. The lowest BCUT2D eigenvalue weighted by molar-refractivity contribution is -0.137. The van der Waals surface area contributed by atoms with Crippen LogP contribution in [-0.2, 0) is 12.6 Å². The quantitative estimate of drug-likeness (QED) is 0.445. The van der Waals surface area contributed by atoms with Gasteiger partial charge in [-0.05, 0) is 71.0 Å². The molecule has 0 bridgehead atoms. The minimum absolute atomic E-state index is 0.0746. The number of carbonyl (C=O) groups excluding carboxylic acids is 1. The van der Waals surface area contributed by atoms with Gasteiger partial charge in [0.1, 0.15) is 4.88 Å². The Hall–Kier alpha value is -2.93. The van der Waals surface area contributed by atoms with Crippen molar-refractivity contribution in [3.63, 3.8) is 0 Å². The molecule has 0 amide bonds. The molecule has 7 heteroatoms. The molecule has 0 aliphatic heterocycles. The van der Waals surface area contributed by atoms with Crippen LogP contribution < -0.4 is 0 Å². The van der Waals surface area contributed by atoms with E-state index < -0.39 is 17.7 Å². The largest absolute Gasteiger partial charge is 0.477 e. The summed E-state index contributed by atoms with van der Waals surface area (Å²) in [7, 11) is 0. The summed E-state index contributed by atoms with van der Waals surface area (Å²) >= 11 is 1.15. The number of benzene rings is 2. The number of Topliss-reactive ketones (excluding diaryl/α,β-unsaturated/α-hetero) is 1. The number of ketones is 1. The van der Waals surface area contributed by atoms with E-state index in [1.54, 1.807) is 35.7 Å². The summed E-state index contributed by atoms with van der Waals surface area (Å²) in [4.78, 5) is 25.3. The van der Waals surface area contributed by atoms with Gasteiger partial charge in [-0.25, -0.2) is 4.79 Å². The SMILES string of the molecule is CCC(c1ccsc1C(=O)O)C1CCc2c(cccc2-c2cccc(C(F)(F)F)c2)C1=O. The maximum Gasteiger partial charge on any atom is 0.416 e. The van der Waals surface area contributed by atoms with E-state index in [9.17, 15) is 27.9 Å². The van der Waals surface area contributed by atoms with Crippen LogP contribution in [0.25, 0.3) is 11.1 Å². The average molecular weight is 459 g/mol. The maximum atomic E-state index is 13.5. The number of alkyl halides is 3. The second kappa shape index (κ2) is 8.54. The average Bonchev–Trinajstić information content (AvgIpc) is 3.25. The van der Waals surface area contributed by atoms with Crippen LogP contribution in [-0.4, -0.2) is 16.9 Å². The summed E-state index contributed by atoms with van der Waals surface area (Å²) in [5.41, 5.74) is 2.29. The van der Waals surface area contributed by atoms with Crippen LogP contribution >= 0.6 is 11.3 Å². The molecule has 0 saturated carbocycles. The Morgan fingerprint density at radius 2 is 1.88 bits per heavy atom. The number of carboxylic acid groups (broad SMARTS) is 1. The number of aromatic carboxylic acids is 1. The monoisotopic (exact) mass is 458 g/mol. The zero-order chi connectivity index (χ0) is 23.0. The van der Waals surface area contributed by atoms with Gasteiger partial charge in [-0.15, -0.1) is 11.3 Å². The normalized spacial score (nSPS) is 17.1. The van der Waals surface area contributed by atoms with E-state index in [0.29, 0.717) is 41.5 Å². The van der Waals surface area contributed by atoms with Crippen molar-refractivity contribution in [2.24, 2.45) is 5.92 Å². The van der Waals surface area contributed by atoms with Gasteiger partial charge in [0.05, 0.1) is 5.56 Å². The van der Waals surface area contributed by atoms with Crippen LogP contribution in [0, 0.1) is 5.92 Å². The standard InChI is InChI=1S/C25H21F3O3S/c1-2-16(21-11-12-32-23(21)24(30)31)20-10-9-18-17(7-4-8-19(18)22(20)29)14-5-3-6-15(13-14)25(26,27)28/h3-8,11-13,16,20H,2,9-10H2,1H3,(H,30,31). The Kier molecular flexibility index (Phi) is 5.95. The van der Waals surface area contributed by atoms with Crippen molar-refractivity contribution in [3.8, 4) is 11.1 Å². The third-order valence-electron chi connectivity index (χ3n) is 6.20. The Morgan fingerprint density at radius 1 is 1.16 bits per heavy atom. The van der Waals surface area contributed by atoms with E-state index in [4.69, 9.17) is 0 Å². The van der Waals surface area contributed by atoms with Gasteiger partial charge >= 0.3 is 12.1 Å². The number of hydrogen-bond acceptors (Lipinski definition) is 3. The molecule has 1 aliphatic carbocycles. The van der Waals surface area contributed by atoms with E-state index in [1.165, 1.54) is 6.07 Å². The second-order valence-corrected chi connectivity index (χ2v) is 8.86. The van der Waals surface area contributed by atoms with E-state index in [1.807, 2.05) is 6.92 Å². The summed E-state index contributed by atoms with van der Waals surface area (Å²) in [5.74, 6) is -1.65. The topological polar surface area (TPSA) is 54.4 Å². The van der Waals surface area contributed by atoms with E-state index in [2.05, 4.69) is 0 Å². The van der Waals surface area contributed by atoms with Gasteiger partial charge in [-0.1, -0.05) is 37.3 Å². The van der Waals surface area contributed by atoms with Crippen molar-refractivity contribution in [1.29, 1.82) is 0 Å². The summed E-state index contributed by atoms with van der Waals surface area (Å²) in [6, 6.07) is 12.1. The van der Waals surface area contributed by atoms with Crippen LogP contribution in [0.15, 0.2) is 53.9 Å². The molecular formula is C25H21F3O3S. The highest BCUT2D eigenvalue weighted by Crippen LogP contribution is 2.42. The minimum Gasteiger partial charge on any atom is -0.477 e. The van der Waals surface area contributed by atoms with Crippen LogP contribution in [0.1, 0.15) is 62.4 Å². The summed E-state index contributed by atoms with van der Waals surface area (Å²) in [6.45, 7) is 1.94. The Labute approximate surface area is 187 Å². The molecule has 0 radical (unpaired) electrons. The van der Waals surface area contributed by atoms with Crippen molar-refractivity contribution in [3.05, 3.63) is 81.0 Å². The van der Waals surface area contributed by atoms with Gasteiger partial charge < -0.3 is 5.11 Å². The minimum atomic E-state index is -4.44. The van der Waals surface area contributed by atoms with Gasteiger partial charge in [0.2, 0.25) is 0 Å². The van der Waals surface area contributed by atoms with Crippen molar-refractivity contribution >= 4 is 23.1 Å². The smallest absolute Gasteiger partial charge is 0.416 e. The summed E-state index contributed by atoms with van der Waals surface area (Å²) < 4.78 is 39.6. The van der Waals surface area contributed by atoms with Gasteiger partial charge in [0, 0.05) is 11.5 Å². The third-order valence-corrected chi connectivity index (χ3v) is 7.12. The third kappa shape index (κ3) is 3.97. The zero-order valence-electron chi connectivity index (χ0n) is 17.3. The van der Waals surface area contributed by atoms with E-state index >= 15 is 0 Å². The Balaban J connectivity index is 1.72. The lowest BCUT2D eigenvalue weighted by Gasteiger charge is -2.31. The van der Waals surface area contributed by atoms with Crippen LogP contribution in [0.2, 0.25) is 0 Å². The molecular weight excluding hydrogens is 437 g/mol. The van der Waals surface area contributed by atoms with Crippen LogP contribution in [0.4, 0.5) is 13.2 Å². The Morgan fingerprint density at radius 3 is 2.56 bits per heavy atom. The fourth-order valence-electron chi connectivity index (χ4n) is 4.74. The maximum absolute atomic E-state index is 13.5. The first kappa shape index (κ1) is 22.3. The van der Waals surface area contributed by atoms with Crippen molar-refractivity contribution < 1.29 is 27.9 Å². The van der Waals surface area contributed by atoms with Gasteiger partial charge in [0.25, 0.3) is 0 Å². The summed E-state index contributed by atoms with van der Waals surface area (Å²) in [6.07, 6.45) is -2.75. The molecule has 1 aliphatic rings. The second-order valence-electron chi connectivity index (χ2n) is 7.94. The lowest BCUT2D eigenvalue weighted by Crippen LogP contribution is -2.28. The van der Waals surface area contributed by atoms with Crippen molar-refractivity contribution in [2.75, 3.05) is 0 Å². The molecule has 2 aromatic carbocycles. The number of rotatable bonds is 5. The number of fused-ring (bicyclic) bond motifs is 1. The van der Waals surface area contributed by atoms with Gasteiger partial charge in [0.15, 0.2) is 5.78 Å². The first-order valence-electron chi connectivity index (χ1n) is 10.4. The first-order valence-corrected chi connectivity index (χ1v) is 11.2. The molecule has 1 aromatic heterocycles. The predicted molar refractivity (Wildman–Crippen MR) is 117 cm³/mol. The number of carbonyl (C=O) groups is 2. The van der Waals surface area contributed by atoms with Gasteiger partial charge in [-0.2, -0.15) is 13.2 Å². The van der Waals surface area contributed by atoms with Crippen LogP contribution in [0.3, 0.4) is 0 Å². The number of halogens is 3. The molecule has 0 spiro atoms. The highest BCUT2D eigenvalue weighted by molar-refractivity contribution is 7.12. The molecule has 0 fully saturated rings. The van der Waals surface area contributed by atoms with E-state index in [-0.39, 0.29) is 22.5 Å².